The van der Waals surface area contributed by atoms with Gasteiger partial charge in [-0.15, -0.1) is 11.3 Å². The molecule has 0 bridgehead atoms. The van der Waals surface area contributed by atoms with Crippen LogP contribution >= 0.6 is 11.3 Å². The van der Waals surface area contributed by atoms with E-state index in [9.17, 15) is 9.18 Å². The van der Waals surface area contributed by atoms with Crippen LogP contribution in [0.25, 0.3) is 0 Å². The van der Waals surface area contributed by atoms with Crippen molar-refractivity contribution in [2.45, 2.75) is 26.4 Å². The molecule has 0 amide bonds. The van der Waals surface area contributed by atoms with Crippen molar-refractivity contribution in [3.8, 4) is 0 Å². The summed E-state index contributed by atoms with van der Waals surface area (Å²) in [6, 6.07) is 1.18. The van der Waals surface area contributed by atoms with Crippen molar-refractivity contribution in [3.05, 3.63) is 22.1 Å². The molecule has 0 atom stereocenters. The van der Waals surface area contributed by atoms with Gasteiger partial charge in [0, 0.05) is 5.38 Å². The lowest BCUT2D eigenvalue weighted by atomic mass is 10.2. The van der Waals surface area contributed by atoms with Crippen molar-refractivity contribution < 1.29 is 13.9 Å². The standard InChI is InChI=1S/C9H11FO2S/c1-9(2,3)12-8(11)7-4-6(10)5-13-7/h4-5H,1-3H3. The number of ether oxygens (including phenoxy) is 1. The molecule has 1 rings (SSSR count). The van der Waals surface area contributed by atoms with Crippen molar-refractivity contribution in [2.24, 2.45) is 0 Å². The Morgan fingerprint density at radius 2 is 2.15 bits per heavy atom. The van der Waals surface area contributed by atoms with Crippen molar-refractivity contribution in [1.82, 2.24) is 0 Å². The fraction of sp³-hybridized carbons (Fsp3) is 0.444. The molecule has 0 saturated heterocycles. The zero-order chi connectivity index (χ0) is 10.1. The predicted molar refractivity (Wildman–Crippen MR) is 49.4 cm³/mol. The summed E-state index contributed by atoms with van der Waals surface area (Å²) in [7, 11) is 0. The van der Waals surface area contributed by atoms with Gasteiger partial charge in [-0.2, -0.15) is 0 Å². The lowest BCUT2D eigenvalue weighted by Gasteiger charge is -2.18. The summed E-state index contributed by atoms with van der Waals surface area (Å²) in [5.74, 6) is -0.868. The van der Waals surface area contributed by atoms with Crippen LogP contribution in [0.1, 0.15) is 30.4 Å². The van der Waals surface area contributed by atoms with Crippen molar-refractivity contribution >= 4 is 17.3 Å². The third-order valence-electron chi connectivity index (χ3n) is 1.17. The van der Waals surface area contributed by atoms with Gasteiger partial charge in [0.25, 0.3) is 0 Å². The van der Waals surface area contributed by atoms with Crippen LogP contribution in [0, 0.1) is 5.82 Å². The zero-order valence-corrected chi connectivity index (χ0v) is 8.57. The second-order valence-electron chi connectivity index (χ2n) is 3.63. The molecule has 0 unspecified atom stereocenters. The smallest absolute Gasteiger partial charge is 0.348 e. The Labute approximate surface area is 80.3 Å². The highest BCUT2D eigenvalue weighted by atomic mass is 32.1. The van der Waals surface area contributed by atoms with E-state index in [4.69, 9.17) is 4.74 Å². The van der Waals surface area contributed by atoms with Gasteiger partial charge >= 0.3 is 5.97 Å². The molecule has 72 valence electrons. The van der Waals surface area contributed by atoms with Gasteiger partial charge in [-0.3, -0.25) is 0 Å². The Morgan fingerprint density at radius 3 is 2.54 bits per heavy atom. The van der Waals surface area contributed by atoms with Crippen molar-refractivity contribution in [1.29, 1.82) is 0 Å². The van der Waals surface area contributed by atoms with E-state index in [1.807, 2.05) is 0 Å². The summed E-state index contributed by atoms with van der Waals surface area (Å²) in [6.45, 7) is 5.32. The van der Waals surface area contributed by atoms with E-state index < -0.39 is 17.4 Å². The minimum Gasteiger partial charge on any atom is -0.456 e. The normalized spacial score (nSPS) is 11.4. The Morgan fingerprint density at radius 1 is 1.54 bits per heavy atom. The van der Waals surface area contributed by atoms with E-state index in [0.717, 1.165) is 11.3 Å². The Hall–Kier alpha value is -0.900. The van der Waals surface area contributed by atoms with Crippen LogP contribution in [0.2, 0.25) is 0 Å². The van der Waals surface area contributed by atoms with Crippen LogP contribution in [0.15, 0.2) is 11.4 Å². The molecule has 0 spiro atoms. The van der Waals surface area contributed by atoms with Gasteiger partial charge < -0.3 is 4.74 Å². The molecule has 0 aliphatic rings. The molecule has 0 fully saturated rings. The fourth-order valence-electron chi connectivity index (χ4n) is 0.748. The second kappa shape index (κ2) is 3.46. The molecule has 13 heavy (non-hydrogen) atoms. The first-order chi connectivity index (χ1) is 5.88. The monoisotopic (exact) mass is 202 g/mol. The molecule has 2 nitrogen and oxygen atoms in total. The van der Waals surface area contributed by atoms with E-state index in [0.29, 0.717) is 4.88 Å². The molecule has 0 radical (unpaired) electrons. The van der Waals surface area contributed by atoms with Crippen LogP contribution in [-0.2, 0) is 4.74 Å². The number of halogens is 1. The first-order valence-corrected chi connectivity index (χ1v) is 4.74. The molecule has 0 N–H and O–H groups in total. The summed E-state index contributed by atoms with van der Waals surface area (Å²) in [6.07, 6.45) is 0. The van der Waals surface area contributed by atoms with E-state index in [1.54, 1.807) is 20.8 Å². The number of hydrogen-bond donors (Lipinski definition) is 0. The topological polar surface area (TPSA) is 26.3 Å². The van der Waals surface area contributed by atoms with Gasteiger partial charge in [0.05, 0.1) is 0 Å². The molecule has 0 aliphatic carbocycles. The predicted octanol–water partition coefficient (Wildman–Crippen LogP) is 2.84. The summed E-state index contributed by atoms with van der Waals surface area (Å²) < 4.78 is 17.6. The van der Waals surface area contributed by atoms with E-state index in [1.165, 1.54) is 11.4 Å². The quantitative estimate of drug-likeness (QED) is 0.654. The van der Waals surface area contributed by atoms with E-state index in [-0.39, 0.29) is 0 Å². The zero-order valence-electron chi connectivity index (χ0n) is 7.76. The number of hydrogen-bond acceptors (Lipinski definition) is 3. The highest BCUT2D eigenvalue weighted by Gasteiger charge is 2.19. The second-order valence-corrected chi connectivity index (χ2v) is 4.54. The van der Waals surface area contributed by atoms with Crippen LogP contribution in [0.5, 0.6) is 0 Å². The summed E-state index contributed by atoms with van der Waals surface area (Å²) >= 11 is 1.05. The Kier molecular flexibility index (Phi) is 2.71. The first kappa shape index (κ1) is 10.2. The number of carbonyl (C=O) groups is 1. The van der Waals surface area contributed by atoms with Crippen LogP contribution in [0.4, 0.5) is 4.39 Å². The lowest BCUT2D eigenvalue weighted by Crippen LogP contribution is -2.23. The highest BCUT2D eigenvalue weighted by molar-refractivity contribution is 7.12. The molecule has 0 saturated carbocycles. The van der Waals surface area contributed by atoms with Crippen LogP contribution < -0.4 is 0 Å². The minimum absolute atomic E-state index is 0.299. The molecule has 0 aliphatic heterocycles. The summed E-state index contributed by atoms with van der Waals surface area (Å²) in [5.41, 5.74) is -0.530. The Bertz CT molecular complexity index is 312. The van der Waals surface area contributed by atoms with Gasteiger partial charge in [0.15, 0.2) is 0 Å². The average Bonchev–Trinajstić information content (AvgIpc) is 2.31. The SMILES string of the molecule is CC(C)(C)OC(=O)c1cc(F)cs1. The third-order valence-corrected chi connectivity index (χ3v) is 2.05. The third kappa shape index (κ3) is 3.14. The summed E-state index contributed by atoms with van der Waals surface area (Å²) in [5, 5.41) is 1.28. The molecular weight excluding hydrogens is 191 g/mol. The van der Waals surface area contributed by atoms with Gasteiger partial charge in [-0.25, -0.2) is 9.18 Å². The Balaban J connectivity index is 2.70. The molecular formula is C9H11FO2S. The number of carbonyl (C=O) groups excluding carboxylic acids is 1. The molecule has 4 heteroatoms. The van der Waals surface area contributed by atoms with E-state index >= 15 is 0 Å². The van der Waals surface area contributed by atoms with Gasteiger partial charge in [0.2, 0.25) is 0 Å². The van der Waals surface area contributed by atoms with Crippen molar-refractivity contribution in [2.75, 3.05) is 0 Å². The van der Waals surface area contributed by atoms with Crippen molar-refractivity contribution in [3.63, 3.8) is 0 Å². The minimum atomic E-state index is -0.530. The number of esters is 1. The largest absolute Gasteiger partial charge is 0.456 e. The lowest BCUT2D eigenvalue weighted by molar-refractivity contribution is 0.00749. The van der Waals surface area contributed by atoms with Crippen LogP contribution in [0.3, 0.4) is 0 Å². The molecule has 0 aromatic carbocycles. The molecule has 1 heterocycles. The average molecular weight is 202 g/mol. The first-order valence-electron chi connectivity index (χ1n) is 3.86. The molecule has 1 aromatic rings. The summed E-state index contributed by atoms with van der Waals surface area (Å²) in [4.78, 5) is 11.6. The molecule has 1 aromatic heterocycles. The highest BCUT2D eigenvalue weighted by Crippen LogP contribution is 2.17. The maximum atomic E-state index is 12.5. The number of rotatable bonds is 1. The maximum Gasteiger partial charge on any atom is 0.348 e. The van der Waals surface area contributed by atoms with Gasteiger partial charge in [-0.05, 0) is 26.8 Å². The van der Waals surface area contributed by atoms with Gasteiger partial charge in [0.1, 0.15) is 16.3 Å². The fourth-order valence-corrected chi connectivity index (χ4v) is 1.37. The van der Waals surface area contributed by atoms with Crippen LogP contribution in [-0.4, -0.2) is 11.6 Å². The number of thiophene rings is 1. The van der Waals surface area contributed by atoms with Gasteiger partial charge in [-0.1, -0.05) is 0 Å². The maximum absolute atomic E-state index is 12.5. The van der Waals surface area contributed by atoms with E-state index in [2.05, 4.69) is 0 Å².